The van der Waals surface area contributed by atoms with Crippen LogP contribution in [0.1, 0.15) is 35.1 Å². The lowest BCUT2D eigenvalue weighted by molar-refractivity contribution is 0.112. The third-order valence-corrected chi connectivity index (χ3v) is 4.18. The van der Waals surface area contributed by atoms with E-state index in [1.54, 1.807) is 7.11 Å². The van der Waals surface area contributed by atoms with E-state index in [4.69, 9.17) is 4.74 Å². The van der Waals surface area contributed by atoms with E-state index in [1.165, 1.54) is 11.3 Å². The molecule has 0 unspecified atom stereocenters. The summed E-state index contributed by atoms with van der Waals surface area (Å²) in [6.45, 7) is 3.41. The number of hydrogen-bond donors (Lipinski definition) is 0. The lowest BCUT2D eigenvalue weighted by atomic mass is 10.2. The molecular weight excluding hydrogens is 284 g/mol. The molecule has 2 aromatic rings. The second-order valence-corrected chi connectivity index (χ2v) is 5.71. The predicted molar refractivity (Wildman–Crippen MR) is 86.6 cm³/mol. The Balaban J connectivity index is 2.34. The zero-order valence-corrected chi connectivity index (χ0v) is 13.2. The van der Waals surface area contributed by atoms with E-state index < -0.39 is 0 Å². The van der Waals surface area contributed by atoms with Gasteiger partial charge in [0.2, 0.25) is 0 Å². The summed E-state index contributed by atoms with van der Waals surface area (Å²) < 4.78 is 5.12. The summed E-state index contributed by atoms with van der Waals surface area (Å²) in [5.74, 6) is 0. The number of rotatable bonds is 8. The fourth-order valence-electron chi connectivity index (χ4n) is 2.06. The average molecular weight is 304 g/mol. The smallest absolute Gasteiger partial charge is 0.190 e. The molecule has 0 fully saturated rings. The summed E-state index contributed by atoms with van der Waals surface area (Å²) in [5.41, 5.74) is 1.81. The lowest BCUT2D eigenvalue weighted by Crippen LogP contribution is -2.18. The number of para-hydroxylation sites is 1. The number of thiazole rings is 1. The summed E-state index contributed by atoms with van der Waals surface area (Å²) >= 11 is 1.42. The fraction of sp³-hybridized carbons (Fsp3) is 0.375. The third kappa shape index (κ3) is 3.89. The maximum Gasteiger partial charge on any atom is 0.190 e. The number of nitrogens with zero attached hydrogens (tertiary/aromatic N) is 2. The van der Waals surface area contributed by atoms with Gasteiger partial charge in [0.15, 0.2) is 11.4 Å². The molecule has 1 aromatic heterocycles. The first-order chi connectivity index (χ1) is 10.3. The number of anilines is 2. The highest BCUT2D eigenvalue weighted by atomic mass is 32.1. The molecule has 0 aliphatic rings. The number of methoxy groups -OCH3 is 1. The van der Waals surface area contributed by atoms with Gasteiger partial charge in [-0.2, -0.15) is 0 Å². The maximum absolute atomic E-state index is 11.2. The number of hydrogen-bond acceptors (Lipinski definition) is 5. The van der Waals surface area contributed by atoms with Crippen LogP contribution in [0.4, 0.5) is 10.8 Å². The Kier molecular flexibility index (Phi) is 5.90. The van der Waals surface area contributed by atoms with Crippen LogP contribution in [0.5, 0.6) is 0 Å². The second kappa shape index (κ2) is 7.90. The molecule has 0 spiro atoms. The summed E-state index contributed by atoms with van der Waals surface area (Å²) in [5, 5.41) is 0.851. The zero-order valence-electron chi connectivity index (χ0n) is 12.4. The van der Waals surface area contributed by atoms with Gasteiger partial charge in [-0.15, -0.1) is 0 Å². The largest absolute Gasteiger partial charge is 0.378 e. The van der Waals surface area contributed by atoms with Crippen LogP contribution in [0, 0.1) is 0 Å². The van der Waals surface area contributed by atoms with E-state index in [2.05, 4.69) is 28.9 Å². The van der Waals surface area contributed by atoms with Crippen LogP contribution >= 0.6 is 11.3 Å². The van der Waals surface area contributed by atoms with E-state index >= 15 is 0 Å². The highest BCUT2D eigenvalue weighted by molar-refractivity contribution is 7.17. The topological polar surface area (TPSA) is 42.4 Å². The molecule has 0 radical (unpaired) electrons. The van der Waals surface area contributed by atoms with Gasteiger partial charge in [0.05, 0.1) is 17.2 Å². The number of aldehydes is 1. The molecular formula is C16H20N2O2S. The van der Waals surface area contributed by atoms with Gasteiger partial charge in [0.1, 0.15) is 0 Å². The maximum atomic E-state index is 11.2. The van der Waals surface area contributed by atoms with Crippen molar-refractivity contribution in [2.24, 2.45) is 0 Å². The van der Waals surface area contributed by atoms with Crippen LogP contribution < -0.4 is 4.90 Å². The highest BCUT2D eigenvalue weighted by Gasteiger charge is 2.17. The molecule has 0 aliphatic carbocycles. The third-order valence-electron chi connectivity index (χ3n) is 3.14. The Morgan fingerprint density at radius 3 is 2.71 bits per heavy atom. The van der Waals surface area contributed by atoms with Crippen LogP contribution in [-0.2, 0) is 11.3 Å². The Morgan fingerprint density at radius 1 is 1.33 bits per heavy atom. The van der Waals surface area contributed by atoms with Crippen molar-refractivity contribution >= 4 is 28.4 Å². The number of ether oxygens (including phenoxy) is 1. The van der Waals surface area contributed by atoms with E-state index in [0.29, 0.717) is 17.2 Å². The van der Waals surface area contributed by atoms with Gasteiger partial charge < -0.3 is 9.64 Å². The van der Waals surface area contributed by atoms with Crippen LogP contribution in [0.25, 0.3) is 0 Å². The van der Waals surface area contributed by atoms with Gasteiger partial charge in [0, 0.05) is 19.3 Å². The van der Waals surface area contributed by atoms with Crippen LogP contribution in [0.3, 0.4) is 0 Å². The van der Waals surface area contributed by atoms with E-state index in [1.807, 2.05) is 18.2 Å². The molecule has 1 heterocycles. The number of carbonyl (C=O) groups excluding carboxylic acids is 1. The molecule has 0 saturated heterocycles. The normalized spacial score (nSPS) is 10.6. The number of carbonyl (C=O) groups is 1. The minimum atomic E-state index is 0.362. The molecule has 4 nitrogen and oxygen atoms in total. The summed E-state index contributed by atoms with van der Waals surface area (Å²) in [6.07, 6.45) is 3.04. The summed E-state index contributed by atoms with van der Waals surface area (Å²) in [6, 6.07) is 10.1. The van der Waals surface area contributed by atoms with Gasteiger partial charge in [-0.25, -0.2) is 4.98 Å². The van der Waals surface area contributed by atoms with Crippen molar-refractivity contribution in [1.82, 2.24) is 4.98 Å². The first kappa shape index (κ1) is 15.7. The van der Waals surface area contributed by atoms with Crippen LogP contribution in [-0.4, -0.2) is 24.9 Å². The highest BCUT2D eigenvalue weighted by Crippen LogP contribution is 2.31. The van der Waals surface area contributed by atoms with E-state index in [9.17, 15) is 4.79 Å². The van der Waals surface area contributed by atoms with Crippen LogP contribution in [0.15, 0.2) is 30.3 Å². The Bertz CT molecular complexity index is 569. The Labute approximate surface area is 129 Å². The van der Waals surface area contributed by atoms with Crippen molar-refractivity contribution in [2.45, 2.75) is 26.4 Å². The molecule has 0 bridgehead atoms. The number of benzene rings is 1. The van der Waals surface area contributed by atoms with Gasteiger partial charge >= 0.3 is 0 Å². The van der Waals surface area contributed by atoms with Crippen molar-refractivity contribution in [2.75, 3.05) is 18.6 Å². The second-order valence-electron chi connectivity index (χ2n) is 4.70. The molecule has 21 heavy (non-hydrogen) atoms. The first-order valence-corrected chi connectivity index (χ1v) is 7.88. The molecule has 0 atom stereocenters. The summed E-state index contributed by atoms with van der Waals surface area (Å²) in [4.78, 5) is 18.6. The molecule has 5 heteroatoms. The quantitative estimate of drug-likeness (QED) is 0.690. The predicted octanol–water partition coefficient (Wildman–Crippen LogP) is 4.04. The van der Waals surface area contributed by atoms with Gasteiger partial charge in [-0.3, -0.25) is 4.79 Å². The zero-order chi connectivity index (χ0) is 15.1. The van der Waals surface area contributed by atoms with Gasteiger partial charge in [-0.1, -0.05) is 42.9 Å². The molecule has 0 aliphatic heterocycles. The molecule has 112 valence electrons. The summed E-state index contributed by atoms with van der Waals surface area (Å²) in [7, 11) is 1.61. The van der Waals surface area contributed by atoms with Crippen molar-refractivity contribution in [1.29, 1.82) is 0 Å². The molecule has 1 aromatic carbocycles. The minimum Gasteiger partial charge on any atom is -0.378 e. The Hall–Kier alpha value is -1.72. The van der Waals surface area contributed by atoms with Crippen LogP contribution in [0.2, 0.25) is 0 Å². The number of unbranched alkanes of at least 4 members (excludes halogenated alkanes) is 1. The fourth-order valence-corrected chi connectivity index (χ4v) is 2.99. The Morgan fingerprint density at radius 2 is 2.10 bits per heavy atom. The van der Waals surface area contributed by atoms with Crippen molar-refractivity contribution in [3.63, 3.8) is 0 Å². The number of aromatic nitrogens is 1. The SMILES string of the molecule is CCCCN(c1ccccc1)c1nc(COC)c(C=O)s1. The molecule has 0 saturated carbocycles. The lowest BCUT2D eigenvalue weighted by Gasteiger charge is -2.21. The monoisotopic (exact) mass is 304 g/mol. The minimum absolute atomic E-state index is 0.362. The standard InChI is InChI=1S/C16H20N2O2S/c1-3-4-10-18(13-8-6-5-7-9-13)16-17-14(12-20-2)15(11-19)21-16/h5-9,11H,3-4,10,12H2,1-2H3. The van der Waals surface area contributed by atoms with E-state index in [-0.39, 0.29) is 0 Å². The van der Waals surface area contributed by atoms with Gasteiger partial charge in [-0.05, 0) is 18.6 Å². The molecule has 0 N–H and O–H groups in total. The van der Waals surface area contributed by atoms with E-state index in [0.717, 1.165) is 36.5 Å². The first-order valence-electron chi connectivity index (χ1n) is 7.06. The average Bonchev–Trinajstić information content (AvgIpc) is 2.92. The van der Waals surface area contributed by atoms with Gasteiger partial charge in [0.25, 0.3) is 0 Å². The van der Waals surface area contributed by atoms with Crippen molar-refractivity contribution < 1.29 is 9.53 Å². The molecule has 2 rings (SSSR count). The molecule has 0 amide bonds. The van der Waals surface area contributed by atoms with Crippen molar-refractivity contribution in [3.8, 4) is 0 Å². The van der Waals surface area contributed by atoms with Crippen molar-refractivity contribution in [3.05, 3.63) is 40.9 Å².